The van der Waals surface area contributed by atoms with Gasteiger partial charge in [0.1, 0.15) is 11.6 Å². The first-order valence-corrected chi connectivity index (χ1v) is 11.1. The Morgan fingerprint density at radius 3 is 2.53 bits per heavy atom. The second kappa shape index (κ2) is 9.11. The molecule has 1 saturated heterocycles. The minimum Gasteiger partial charge on any atom is -0.465 e. The van der Waals surface area contributed by atoms with E-state index in [2.05, 4.69) is 25.8 Å². The standard InChI is InChI=1S/C25H26N6O3/c1-16-26-20-9-6-18(14-22(20)30(16)2)21-15-23(29-25(28-21)31-10-12-34-13-11-31)27-19-7-4-17(5-8-19)24(32)33-3/h4-9,14-15H,10-13H2,1-3H3,(H,27,28,29). The number of aromatic nitrogens is 4. The Balaban J connectivity index is 1.53. The zero-order chi connectivity index (χ0) is 23.7. The summed E-state index contributed by atoms with van der Waals surface area (Å²) in [4.78, 5) is 28.1. The average Bonchev–Trinajstić information content (AvgIpc) is 3.17. The molecule has 5 rings (SSSR count). The van der Waals surface area contributed by atoms with Crippen LogP contribution in [-0.2, 0) is 16.5 Å². The summed E-state index contributed by atoms with van der Waals surface area (Å²) in [6, 6.07) is 15.2. The molecule has 9 nitrogen and oxygen atoms in total. The van der Waals surface area contributed by atoms with Crippen LogP contribution in [0.25, 0.3) is 22.3 Å². The lowest BCUT2D eigenvalue weighted by atomic mass is 10.1. The summed E-state index contributed by atoms with van der Waals surface area (Å²) in [5.74, 6) is 1.90. The van der Waals surface area contributed by atoms with Crippen LogP contribution in [0.1, 0.15) is 16.2 Å². The van der Waals surface area contributed by atoms with E-state index < -0.39 is 0 Å². The van der Waals surface area contributed by atoms with Crippen molar-refractivity contribution < 1.29 is 14.3 Å². The van der Waals surface area contributed by atoms with Crippen molar-refractivity contribution in [1.82, 2.24) is 19.5 Å². The number of fused-ring (bicyclic) bond motifs is 1. The Morgan fingerprint density at radius 1 is 1.03 bits per heavy atom. The van der Waals surface area contributed by atoms with E-state index in [1.54, 1.807) is 12.1 Å². The first-order valence-electron chi connectivity index (χ1n) is 11.1. The van der Waals surface area contributed by atoms with Crippen molar-refractivity contribution in [1.29, 1.82) is 0 Å². The van der Waals surface area contributed by atoms with Crippen molar-refractivity contribution in [2.24, 2.45) is 7.05 Å². The predicted molar refractivity (Wildman–Crippen MR) is 131 cm³/mol. The normalized spacial score (nSPS) is 13.8. The summed E-state index contributed by atoms with van der Waals surface area (Å²) < 4.78 is 12.4. The second-order valence-corrected chi connectivity index (χ2v) is 8.15. The van der Waals surface area contributed by atoms with E-state index in [-0.39, 0.29) is 5.97 Å². The van der Waals surface area contributed by atoms with Crippen molar-refractivity contribution in [3.63, 3.8) is 0 Å². The van der Waals surface area contributed by atoms with Gasteiger partial charge in [0, 0.05) is 37.5 Å². The van der Waals surface area contributed by atoms with Gasteiger partial charge in [0.15, 0.2) is 0 Å². The molecule has 1 aliphatic heterocycles. The molecule has 34 heavy (non-hydrogen) atoms. The van der Waals surface area contributed by atoms with Crippen LogP contribution in [0.3, 0.4) is 0 Å². The maximum absolute atomic E-state index is 11.7. The monoisotopic (exact) mass is 458 g/mol. The maximum Gasteiger partial charge on any atom is 0.337 e. The van der Waals surface area contributed by atoms with Crippen LogP contribution >= 0.6 is 0 Å². The molecule has 0 saturated carbocycles. The maximum atomic E-state index is 11.7. The van der Waals surface area contributed by atoms with Crippen LogP contribution < -0.4 is 10.2 Å². The van der Waals surface area contributed by atoms with Gasteiger partial charge in [-0.2, -0.15) is 4.98 Å². The average molecular weight is 459 g/mol. The Labute approximate surface area is 197 Å². The molecule has 1 N–H and O–H groups in total. The highest BCUT2D eigenvalue weighted by atomic mass is 16.5. The molecule has 0 spiro atoms. The van der Waals surface area contributed by atoms with Gasteiger partial charge in [0.2, 0.25) is 5.95 Å². The van der Waals surface area contributed by atoms with E-state index in [9.17, 15) is 4.79 Å². The molecule has 3 heterocycles. The van der Waals surface area contributed by atoms with E-state index in [0.717, 1.165) is 46.9 Å². The zero-order valence-corrected chi connectivity index (χ0v) is 19.4. The molecular formula is C25H26N6O3. The number of hydrogen-bond acceptors (Lipinski definition) is 8. The van der Waals surface area contributed by atoms with Crippen molar-refractivity contribution in [2.75, 3.05) is 43.6 Å². The fourth-order valence-electron chi connectivity index (χ4n) is 3.98. The quantitative estimate of drug-likeness (QED) is 0.453. The minimum atomic E-state index is -0.369. The van der Waals surface area contributed by atoms with Gasteiger partial charge < -0.3 is 24.3 Å². The second-order valence-electron chi connectivity index (χ2n) is 8.15. The molecule has 1 fully saturated rings. The van der Waals surface area contributed by atoms with Gasteiger partial charge in [-0.25, -0.2) is 14.8 Å². The van der Waals surface area contributed by atoms with Gasteiger partial charge >= 0.3 is 5.97 Å². The Morgan fingerprint density at radius 2 is 1.79 bits per heavy atom. The number of aryl methyl sites for hydroxylation is 2. The number of imidazole rings is 1. The first kappa shape index (κ1) is 21.8. The lowest BCUT2D eigenvalue weighted by Gasteiger charge is -2.27. The number of benzene rings is 2. The fourth-order valence-corrected chi connectivity index (χ4v) is 3.98. The number of methoxy groups -OCH3 is 1. The van der Waals surface area contributed by atoms with Gasteiger partial charge in [-0.15, -0.1) is 0 Å². The van der Waals surface area contributed by atoms with E-state index in [1.165, 1.54) is 7.11 Å². The lowest BCUT2D eigenvalue weighted by Crippen LogP contribution is -2.37. The Hall–Kier alpha value is -3.98. The summed E-state index contributed by atoms with van der Waals surface area (Å²) in [6.07, 6.45) is 0. The highest BCUT2D eigenvalue weighted by Gasteiger charge is 2.17. The highest BCUT2D eigenvalue weighted by molar-refractivity contribution is 5.89. The molecule has 0 aliphatic carbocycles. The minimum absolute atomic E-state index is 0.369. The summed E-state index contributed by atoms with van der Waals surface area (Å²) >= 11 is 0. The van der Waals surface area contributed by atoms with Crippen molar-refractivity contribution in [3.05, 3.63) is 59.9 Å². The zero-order valence-electron chi connectivity index (χ0n) is 19.4. The van der Waals surface area contributed by atoms with Crippen LogP contribution in [0.15, 0.2) is 48.5 Å². The molecule has 174 valence electrons. The molecule has 4 aromatic rings. The topological polar surface area (TPSA) is 94.4 Å². The molecular weight excluding hydrogens is 432 g/mol. The third kappa shape index (κ3) is 4.29. The van der Waals surface area contributed by atoms with Crippen LogP contribution in [-0.4, -0.2) is 58.9 Å². The SMILES string of the molecule is COC(=O)c1ccc(Nc2cc(-c3ccc4nc(C)n(C)c4c3)nc(N3CCOCC3)n2)cc1. The Kier molecular flexibility index (Phi) is 5.85. The molecule has 0 radical (unpaired) electrons. The summed E-state index contributed by atoms with van der Waals surface area (Å²) in [5, 5.41) is 3.35. The van der Waals surface area contributed by atoms with Crippen LogP contribution in [0.4, 0.5) is 17.5 Å². The third-order valence-electron chi connectivity index (χ3n) is 5.99. The van der Waals surface area contributed by atoms with Crippen molar-refractivity contribution in [2.45, 2.75) is 6.92 Å². The third-order valence-corrected chi connectivity index (χ3v) is 5.99. The molecule has 0 amide bonds. The van der Waals surface area contributed by atoms with Crippen LogP contribution in [0.5, 0.6) is 0 Å². The lowest BCUT2D eigenvalue weighted by molar-refractivity contribution is 0.0600. The number of esters is 1. The van der Waals surface area contributed by atoms with Crippen molar-refractivity contribution in [3.8, 4) is 11.3 Å². The van der Waals surface area contributed by atoms with Crippen LogP contribution in [0, 0.1) is 6.92 Å². The van der Waals surface area contributed by atoms with E-state index >= 15 is 0 Å². The summed E-state index contributed by atoms with van der Waals surface area (Å²) in [6.45, 7) is 4.75. The fraction of sp³-hybridized carbons (Fsp3) is 0.280. The van der Waals surface area contributed by atoms with Crippen molar-refractivity contribution >= 4 is 34.5 Å². The number of nitrogens with one attached hydrogen (secondary N) is 1. The van der Waals surface area contributed by atoms with Gasteiger partial charge in [-0.05, 0) is 43.3 Å². The number of anilines is 3. The first-order chi connectivity index (χ1) is 16.5. The molecule has 0 unspecified atom stereocenters. The number of carbonyl (C=O) groups excluding carboxylic acids is 1. The number of carbonyl (C=O) groups is 1. The molecule has 2 aromatic carbocycles. The molecule has 0 atom stereocenters. The molecule has 1 aliphatic rings. The van der Waals surface area contributed by atoms with Gasteiger partial charge in [-0.3, -0.25) is 0 Å². The molecule has 2 aromatic heterocycles. The number of nitrogens with zero attached hydrogens (tertiary/aromatic N) is 5. The van der Waals surface area contributed by atoms with Gasteiger partial charge in [-0.1, -0.05) is 6.07 Å². The van der Waals surface area contributed by atoms with Crippen LogP contribution in [0.2, 0.25) is 0 Å². The highest BCUT2D eigenvalue weighted by Crippen LogP contribution is 2.28. The smallest absolute Gasteiger partial charge is 0.337 e. The molecule has 0 bridgehead atoms. The number of morpholine rings is 1. The number of hydrogen-bond donors (Lipinski definition) is 1. The summed E-state index contributed by atoms with van der Waals surface area (Å²) in [7, 11) is 3.38. The predicted octanol–water partition coefficient (Wildman–Crippen LogP) is 3.71. The van der Waals surface area contributed by atoms with Gasteiger partial charge in [0.05, 0.1) is 42.6 Å². The van der Waals surface area contributed by atoms with E-state index in [0.29, 0.717) is 30.5 Å². The van der Waals surface area contributed by atoms with Gasteiger partial charge in [0.25, 0.3) is 0 Å². The van der Waals surface area contributed by atoms with E-state index in [4.69, 9.17) is 19.4 Å². The Bertz CT molecular complexity index is 1340. The summed E-state index contributed by atoms with van der Waals surface area (Å²) in [5.41, 5.74) is 5.10. The number of ether oxygens (including phenoxy) is 2. The number of rotatable bonds is 5. The largest absolute Gasteiger partial charge is 0.465 e. The van der Waals surface area contributed by atoms with E-state index in [1.807, 2.05) is 44.3 Å². The molecule has 9 heteroatoms.